The summed E-state index contributed by atoms with van der Waals surface area (Å²) in [7, 11) is 0. The van der Waals surface area contributed by atoms with Gasteiger partial charge < -0.3 is 14.6 Å². The number of aliphatic hydroxyl groups excluding tert-OH is 1. The van der Waals surface area contributed by atoms with Gasteiger partial charge in [-0.25, -0.2) is 4.79 Å². The van der Waals surface area contributed by atoms with Gasteiger partial charge in [0.2, 0.25) is 11.5 Å². The van der Waals surface area contributed by atoms with E-state index in [1.54, 1.807) is 6.07 Å². The Bertz CT molecular complexity index is 606. The number of furan rings is 1. The van der Waals surface area contributed by atoms with Crippen molar-refractivity contribution in [2.75, 3.05) is 0 Å². The summed E-state index contributed by atoms with van der Waals surface area (Å²) in [6.45, 7) is 0. The van der Waals surface area contributed by atoms with Crippen molar-refractivity contribution in [3.63, 3.8) is 0 Å². The van der Waals surface area contributed by atoms with Crippen molar-refractivity contribution in [2.24, 2.45) is 0 Å². The average molecular weight is 264 g/mol. The molecule has 0 saturated heterocycles. The van der Waals surface area contributed by atoms with Gasteiger partial charge in [-0.05, 0) is 23.6 Å². The summed E-state index contributed by atoms with van der Waals surface area (Å²) in [4.78, 5) is 22.8. The maximum absolute atomic E-state index is 11.6. The predicted molar refractivity (Wildman–Crippen MR) is 64.7 cm³/mol. The second-order valence-electron chi connectivity index (χ2n) is 3.34. The van der Waals surface area contributed by atoms with Crippen molar-refractivity contribution in [1.82, 2.24) is 0 Å². The molecule has 2 aromatic rings. The molecule has 0 saturated carbocycles. The van der Waals surface area contributed by atoms with E-state index in [9.17, 15) is 9.59 Å². The Morgan fingerprint density at radius 3 is 2.61 bits per heavy atom. The zero-order chi connectivity index (χ0) is 13.1. The van der Waals surface area contributed by atoms with Crippen LogP contribution in [0.5, 0.6) is 0 Å². The van der Waals surface area contributed by atoms with Crippen LogP contribution in [-0.2, 0) is 4.79 Å². The molecule has 0 bridgehead atoms. The number of aliphatic hydroxyl groups is 1. The number of allylic oxidation sites excluding steroid dienone is 1. The predicted octanol–water partition coefficient (Wildman–Crippen LogP) is 2.72. The molecule has 0 radical (unpaired) electrons. The Labute approximate surface area is 106 Å². The summed E-state index contributed by atoms with van der Waals surface area (Å²) in [6, 6.07) is 6.73. The molecule has 2 N–H and O–H groups in total. The molecule has 0 amide bonds. The molecule has 0 spiro atoms. The summed E-state index contributed by atoms with van der Waals surface area (Å²) < 4.78 is 5.28. The van der Waals surface area contributed by atoms with E-state index in [1.807, 2.05) is 17.5 Å². The van der Waals surface area contributed by atoms with Crippen molar-refractivity contribution in [3.8, 4) is 10.6 Å². The smallest absolute Gasteiger partial charge is 0.371 e. The zero-order valence-corrected chi connectivity index (χ0v) is 9.81. The molecule has 5 nitrogen and oxygen atoms in total. The Balaban J connectivity index is 2.23. The van der Waals surface area contributed by atoms with Gasteiger partial charge in [0, 0.05) is 6.08 Å². The minimum atomic E-state index is -1.56. The Morgan fingerprint density at radius 1 is 1.22 bits per heavy atom. The van der Waals surface area contributed by atoms with Gasteiger partial charge in [-0.2, -0.15) is 0 Å². The molecule has 18 heavy (non-hydrogen) atoms. The van der Waals surface area contributed by atoms with Crippen LogP contribution < -0.4 is 0 Å². The van der Waals surface area contributed by atoms with Crippen molar-refractivity contribution in [3.05, 3.63) is 47.2 Å². The molecule has 0 aliphatic rings. The lowest BCUT2D eigenvalue weighted by atomic mass is 10.2. The lowest BCUT2D eigenvalue weighted by Crippen LogP contribution is -2.03. The van der Waals surface area contributed by atoms with E-state index in [0.717, 1.165) is 4.88 Å². The Hall–Kier alpha value is -2.34. The van der Waals surface area contributed by atoms with Crippen LogP contribution in [0.15, 0.2) is 45.9 Å². The fourth-order valence-electron chi connectivity index (χ4n) is 1.28. The van der Waals surface area contributed by atoms with Crippen molar-refractivity contribution < 1.29 is 24.2 Å². The third-order valence-corrected chi connectivity index (χ3v) is 2.98. The molecule has 2 aromatic heterocycles. The first-order valence-corrected chi connectivity index (χ1v) is 5.78. The number of aliphatic carboxylic acids is 1. The van der Waals surface area contributed by atoms with Gasteiger partial charge >= 0.3 is 5.97 Å². The summed E-state index contributed by atoms with van der Waals surface area (Å²) >= 11 is 1.46. The number of carbonyl (C=O) groups excluding carboxylic acids is 1. The summed E-state index contributed by atoms with van der Waals surface area (Å²) in [5.41, 5.74) is 0. The number of rotatable bonds is 4. The van der Waals surface area contributed by atoms with E-state index in [-0.39, 0.29) is 5.76 Å². The second-order valence-corrected chi connectivity index (χ2v) is 4.29. The van der Waals surface area contributed by atoms with E-state index in [4.69, 9.17) is 14.6 Å². The number of thiophene rings is 1. The van der Waals surface area contributed by atoms with E-state index in [1.165, 1.54) is 17.4 Å². The maximum Gasteiger partial charge on any atom is 0.371 e. The lowest BCUT2D eigenvalue weighted by molar-refractivity contribution is -0.135. The zero-order valence-electron chi connectivity index (χ0n) is 8.99. The van der Waals surface area contributed by atoms with Crippen LogP contribution in [0.1, 0.15) is 10.6 Å². The van der Waals surface area contributed by atoms with Gasteiger partial charge in [0.15, 0.2) is 5.76 Å². The van der Waals surface area contributed by atoms with Crippen LogP contribution >= 0.6 is 11.3 Å². The van der Waals surface area contributed by atoms with Crippen LogP contribution in [0.3, 0.4) is 0 Å². The van der Waals surface area contributed by atoms with Gasteiger partial charge in [0.05, 0.1) is 4.88 Å². The number of ketones is 1. The monoisotopic (exact) mass is 264 g/mol. The van der Waals surface area contributed by atoms with Crippen LogP contribution in [0.2, 0.25) is 0 Å². The highest BCUT2D eigenvalue weighted by molar-refractivity contribution is 7.13. The number of carboxylic acids is 1. The van der Waals surface area contributed by atoms with Crippen LogP contribution in [0.4, 0.5) is 0 Å². The molecule has 0 fully saturated rings. The van der Waals surface area contributed by atoms with Crippen molar-refractivity contribution >= 4 is 23.1 Å². The van der Waals surface area contributed by atoms with Gasteiger partial charge in [-0.1, -0.05) is 6.07 Å². The van der Waals surface area contributed by atoms with Gasteiger partial charge in [0.1, 0.15) is 5.76 Å². The number of carboxylic acid groups (broad SMARTS) is 1. The van der Waals surface area contributed by atoms with E-state index < -0.39 is 17.5 Å². The first-order valence-electron chi connectivity index (χ1n) is 4.90. The molecular formula is C12H8O5S. The molecule has 2 rings (SSSR count). The number of hydrogen-bond donors (Lipinski definition) is 2. The lowest BCUT2D eigenvalue weighted by Gasteiger charge is -1.92. The first kappa shape index (κ1) is 12.1. The molecular weight excluding hydrogens is 256 g/mol. The third-order valence-electron chi connectivity index (χ3n) is 2.10. The molecule has 0 aromatic carbocycles. The summed E-state index contributed by atoms with van der Waals surface area (Å²) in [5, 5.41) is 19.3. The first-order chi connectivity index (χ1) is 8.58. The highest BCUT2D eigenvalue weighted by atomic mass is 32.1. The highest BCUT2D eigenvalue weighted by Crippen LogP contribution is 2.26. The molecule has 0 unspecified atom stereocenters. The van der Waals surface area contributed by atoms with Crippen molar-refractivity contribution in [2.45, 2.75) is 0 Å². The Kier molecular flexibility index (Phi) is 3.29. The van der Waals surface area contributed by atoms with Crippen molar-refractivity contribution in [1.29, 1.82) is 0 Å². The summed E-state index contributed by atoms with van der Waals surface area (Å²) in [6.07, 6.45) is 0.610. The fraction of sp³-hybridized carbons (Fsp3) is 0. The van der Waals surface area contributed by atoms with Crippen LogP contribution in [0, 0.1) is 0 Å². The normalized spacial score (nSPS) is 11.4. The molecule has 92 valence electrons. The average Bonchev–Trinajstić information content (AvgIpc) is 2.99. The van der Waals surface area contributed by atoms with Crippen LogP contribution in [-0.4, -0.2) is 22.0 Å². The van der Waals surface area contributed by atoms with E-state index >= 15 is 0 Å². The topological polar surface area (TPSA) is 87.7 Å². The fourth-order valence-corrected chi connectivity index (χ4v) is 1.97. The molecule has 0 aliphatic heterocycles. The number of carbonyl (C=O) groups is 2. The quantitative estimate of drug-likeness (QED) is 0.503. The second kappa shape index (κ2) is 4.89. The van der Waals surface area contributed by atoms with Gasteiger partial charge in [-0.15, -0.1) is 11.3 Å². The summed E-state index contributed by atoms with van der Waals surface area (Å²) in [5.74, 6) is -2.78. The van der Waals surface area contributed by atoms with Gasteiger partial charge in [-0.3, -0.25) is 4.79 Å². The highest BCUT2D eigenvalue weighted by Gasteiger charge is 2.14. The molecule has 0 aliphatic carbocycles. The Morgan fingerprint density at radius 2 is 2.00 bits per heavy atom. The van der Waals surface area contributed by atoms with Gasteiger partial charge in [0.25, 0.3) is 0 Å². The van der Waals surface area contributed by atoms with E-state index in [2.05, 4.69) is 0 Å². The van der Waals surface area contributed by atoms with Crippen LogP contribution in [0.25, 0.3) is 10.6 Å². The maximum atomic E-state index is 11.6. The SMILES string of the molecule is O=C(O)C(O)=CC(=O)c1ccc(-c2cccs2)o1. The number of hydrogen-bond acceptors (Lipinski definition) is 5. The van der Waals surface area contributed by atoms with E-state index in [0.29, 0.717) is 11.8 Å². The minimum absolute atomic E-state index is 0.0220. The molecule has 2 heterocycles. The standard InChI is InChI=1S/C12H8O5S/c13-7(6-8(14)12(15)16)9-3-4-10(17-9)11-2-1-5-18-11/h1-6,14H,(H,15,16). The minimum Gasteiger partial charge on any atom is -0.502 e. The molecule has 6 heteroatoms. The molecule has 0 atom stereocenters. The largest absolute Gasteiger partial charge is 0.502 e. The third kappa shape index (κ3) is 2.49.